The van der Waals surface area contributed by atoms with Crippen molar-refractivity contribution in [3.63, 3.8) is 0 Å². The molecular weight excluding hydrogens is 214 g/mol. The van der Waals surface area contributed by atoms with E-state index in [9.17, 15) is 0 Å². The first-order valence-electron chi connectivity index (χ1n) is 4.48. The number of alkyl halides is 1. The number of ether oxygens (including phenoxy) is 1. The van der Waals surface area contributed by atoms with Gasteiger partial charge in [-0.05, 0) is 18.6 Å². The summed E-state index contributed by atoms with van der Waals surface area (Å²) >= 11 is 5.70. The van der Waals surface area contributed by atoms with Gasteiger partial charge < -0.3 is 4.74 Å². The van der Waals surface area contributed by atoms with E-state index in [1.807, 2.05) is 13.0 Å². The van der Waals surface area contributed by atoms with Crippen LogP contribution in [0.1, 0.15) is 11.3 Å². The molecule has 0 aliphatic carbocycles. The lowest BCUT2D eigenvalue weighted by atomic mass is 10.3. The highest BCUT2D eigenvalue weighted by Gasteiger charge is 2.02. The molecule has 0 aromatic carbocycles. The molecule has 2 aromatic rings. The quantitative estimate of drug-likeness (QED) is 0.814. The largest absolute Gasteiger partial charge is 0.419 e. The van der Waals surface area contributed by atoms with E-state index >= 15 is 0 Å². The van der Waals surface area contributed by atoms with E-state index < -0.39 is 0 Å². The maximum absolute atomic E-state index is 5.70. The van der Waals surface area contributed by atoms with Crippen molar-refractivity contribution in [2.75, 3.05) is 0 Å². The number of aryl methyl sites for hydroxylation is 1. The molecular formula is C10H10ClN3O. The number of rotatable bonds is 3. The third-order valence-electron chi connectivity index (χ3n) is 1.85. The average molecular weight is 224 g/mol. The molecule has 1 N–H and O–H groups in total. The summed E-state index contributed by atoms with van der Waals surface area (Å²) in [5.74, 6) is 1.45. The Labute approximate surface area is 92.3 Å². The third kappa shape index (κ3) is 2.47. The molecule has 0 fully saturated rings. The number of pyridine rings is 1. The minimum Gasteiger partial charge on any atom is -0.419 e. The van der Waals surface area contributed by atoms with Crippen LogP contribution >= 0.6 is 11.6 Å². The van der Waals surface area contributed by atoms with Gasteiger partial charge in [-0.15, -0.1) is 16.7 Å². The normalized spacial score (nSPS) is 10.3. The van der Waals surface area contributed by atoms with Gasteiger partial charge in [-0.1, -0.05) is 0 Å². The van der Waals surface area contributed by atoms with Crippen LogP contribution in [0.5, 0.6) is 11.8 Å². The lowest BCUT2D eigenvalue weighted by Crippen LogP contribution is -1.89. The molecule has 78 valence electrons. The van der Waals surface area contributed by atoms with Crippen LogP contribution in [0.4, 0.5) is 0 Å². The highest BCUT2D eigenvalue weighted by Crippen LogP contribution is 2.18. The van der Waals surface area contributed by atoms with Gasteiger partial charge in [0.25, 0.3) is 0 Å². The van der Waals surface area contributed by atoms with Crippen LogP contribution < -0.4 is 4.74 Å². The van der Waals surface area contributed by atoms with E-state index in [2.05, 4.69) is 15.2 Å². The van der Waals surface area contributed by atoms with E-state index in [1.165, 1.54) is 0 Å². The molecule has 0 radical (unpaired) electrons. The number of aromatic nitrogens is 3. The Hall–Kier alpha value is -1.55. The summed E-state index contributed by atoms with van der Waals surface area (Å²) in [5, 5.41) is 6.73. The Bertz CT molecular complexity index is 455. The molecule has 0 unspecified atom stereocenters. The summed E-state index contributed by atoms with van der Waals surface area (Å²) < 4.78 is 5.43. The molecule has 0 amide bonds. The molecule has 0 spiro atoms. The highest BCUT2D eigenvalue weighted by atomic mass is 35.5. The van der Waals surface area contributed by atoms with Crippen LogP contribution in [0.15, 0.2) is 24.4 Å². The molecule has 0 aliphatic rings. The predicted octanol–water partition coefficient (Wildman–Crippen LogP) is 2.64. The highest BCUT2D eigenvalue weighted by molar-refractivity contribution is 6.17. The molecule has 15 heavy (non-hydrogen) atoms. The Kier molecular flexibility index (Phi) is 2.87. The first kappa shape index (κ1) is 9.98. The van der Waals surface area contributed by atoms with Crippen molar-refractivity contribution in [3.8, 4) is 11.8 Å². The molecule has 4 nitrogen and oxygen atoms in total. The van der Waals surface area contributed by atoms with Gasteiger partial charge in [0.05, 0.1) is 0 Å². The standard InChI is InChI=1S/C10H10ClN3O/c1-7-4-10(14-13-7)15-9-5-8(6-11)2-3-12-9/h2-5H,6H2,1H3,(H,13,14). The maximum atomic E-state index is 5.70. The lowest BCUT2D eigenvalue weighted by molar-refractivity contribution is 0.443. The number of aromatic amines is 1. The van der Waals surface area contributed by atoms with Crippen LogP contribution in [0, 0.1) is 6.92 Å². The maximum Gasteiger partial charge on any atom is 0.240 e. The summed E-state index contributed by atoms with van der Waals surface area (Å²) in [7, 11) is 0. The summed E-state index contributed by atoms with van der Waals surface area (Å²) in [6.07, 6.45) is 1.66. The van der Waals surface area contributed by atoms with E-state index in [-0.39, 0.29) is 0 Å². The number of hydrogen-bond donors (Lipinski definition) is 1. The molecule has 2 aromatic heterocycles. The second kappa shape index (κ2) is 4.31. The van der Waals surface area contributed by atoms with Crippen LogP contribution in [0.25, 0.3) is 0 Å². The fourth-order valence-electron chi connectivity index (χ4n) is 1.14. The van der Waals surface area contributed by atoms with Crippen LogP contribution in [-0.2, 0) is 5.88 Å². The Balaban J connectivity index is 2.16. The molecule has 0 bridgehead atoms. The van der Waals surface area contributed by atoms with Gasteiger partial charge in [-0.3, -0.25) is 5.10 Å². The van der Waals surface area contributed by atoms with Crippen molar-refractivity contribution in [3.05, 3.63) is 35.7 Å². The van der Waals surface area contributed by atoms with Gasteiger partial charge in [0.2, 0.25) is 11.8 Å². The van der Waals surface area contributed by atoms with Crippen LogP contribution in [0.2, 0.25) is 0 Å². The fourth-order valence-corrected chi connectivity index (χ4v) is 1.31. The Morgan fingerprint density at radius 1 is 1.40 bits per heavy atom. The number of H-pyrrole nitrogens is 1. The summed E-state index contributed by atoms with van der Waals surface area (Å²) in [6.45, 7) is 1.91. The monoisotopic (exact) mass is 223 g/mol. The van der Waals surface area contributed by atoms with Crippen molar-refractivity contribution in [2.24, 2.45) is 0 Å². The summed E-state index contributed by atoms with van der Waals surface area (Å²) in [4.78, 5) is 4.06. The fraction of sp³-hybridized carbons (Fsp3) is 0.200. The number of halogens is 1. The zero-order valence-corrected chi connectivity index (χ0v) is 8.95. The van der Waals surface area contributed by atoms with Gasteiger partial charge in [-0.25, -0.2) is 4.98 Å². The lowest BCUT2D eigenvalue weighted by Gasteiger charge is -2.01. The van der Waals surface area contributed by atoms with Crippen LogP contribution in [-0.4, -0.2) is 15.2 Å². The van der Waals surface area contributed by atoms with Gasteiger partial charge in [0, 0.05) is 29.9 Å². The van der Waals surface area contributed by atoms with Gasteiger partial charge in [0.15, 0.2) is 0 Å². The van der Waals surface area contributed by atoms with Crippen molar-refractivity contribution < 1.29 is 4.74 Å². The minimum absolute atomic E-state index is 0.443. The first-order chi connectivity index (χ1) is 7.28. The second-order valence-corrected chi connectivity index (χ2v) is 3.39. The molecule has 0 aliphatic heterocycles. The second-order valence-electron chi connectivity index (χ2n) is 3.13. The number of hydrogen-bond acceptors (Lipinski definition) is 3. The van der Waals surface area contributed by atoms with Crippen molar-refractivity contribution in [2.45, 2.75) is 12.8 Å². The number of nitrogens with one attached hydrogen (secondary N) is 1. The van der Waals surface area contributed by atoms with E-state index in [1.54, 1.807) is 18.3 Å². The number of nitrogens with zero attached hydrogens (tertiary/aromatic N) is 2. The van der Waals surface area contributed by atoms with Gasteiger partial charge >= 0.3 is 0 Å². The molecule has 5 heteroatoms. The molecule has 0 saturated heterocycles. The zero-order valence-electron chi connectivity index (χ0n) is 8.20. The molecule has 0 saturated carbocycles. The summed E-state index contributed by atoms with van der Waals surface area (Å²) in [5.41, 5.74) is 1.91. The average Bonchev–Trinajstić information content (AvgIpc) is 2.64. The van der Waals surface area contributed by atoms with E-state index in [4.69, 9.17) is 16.3 Å². The van der Waals surface area contributed by atoms with Gasteiger partial charge in [-0.2, -0.15) is 0 Å². The topological polar surface area (TPSA) is 50.8 Å². The smallest absolute Gasteiger partial charge is 0.240 e. The van der Waals surface area contributed by atoms with Gasteiger partial charge in [0.1, 0.15) is 0 Å². The zero-order chi connectivity index (χ0) is 10.7. The minimum atomic E-state index is 0.443. The van der Waals surface area contributed by atoms with Crippen molar-refractivity contribution >= 4 is 11.6 Å². The predicted molar refractivity (Wildman–Crippen MR) is 57.2 cm³/mol. The van der Waals surface area contributed by atoms with Crippen molar-refractivity contribution in [1.82, 2.24) is 15.2 Å². The van der Waals surface area contributed by atoms with Crippen LogP contribution in [0.3, 0.4) is 0 Å². The SMILES string of the molecule is Cc1cc(Oc2cc(CCl)ccn2)n[nH]1. The first-order valence-corrected chi connectivity index (χ1v) is 5.02. The summed E-state index contributed by atoms with van der Waals surface area (Å²) in [6, 6.07) is 5.43. The molecule has 2 rings (SSSR count). The van der Waals surface area contributed by atoms with E-state index in [0.29, 0.717) is 17.6 Å². The van der Waals surface area contributed by atoms with Crippen molar-refractivity contribution in [1.29, 1.82) is 0 Å². The Morgan fingerprint density at radius 2 is 2.27 bits per heavy atom. The Morgan fingerprint density at radius 3 is 2.93 bits per heavy atom. The molecule has 0 atom stereocenters. The molecule has 2 heterocycles. The third-order valence-corrected chi connectivity index (χ3v) is 2.15. The van der Waals surface area contributed by atoms with E-state index in [0.717, 1.165) is 11.3 Å².